The van der Waals surface area contributed by atoms with Crippen LogP contribution in [0.5, 0.6) is 0 Å². The monoisotopic (exact) mass is 287 g/mol. The third-order valence-corrected chi connectivity index (χ3v) is 3.48. The van der Waals surface area contributed by atoms with Crippen LogP contribution in [0.1, 0.15) is 46.0 Å². The Morgan fingerprint density at radius 1 is 1.45 bits per heavy atom. The van der Waals surface area contributed by atoms with Crippen LogP contribution in [0, 0.1) is 5.41 Å². The molecule has 3 N–H and O–H groups in total. The molecule has 2 atom stereocenters. The predicted molar refractivity (Wildman–Crippen MR) is 73.3 cm³/mol. The van der Waals surface area contributed by atoms with Crippen LogP contribution >= 0.6 is 0 Å². The van der Waals surface area contributed by atoms with Gasteiger partial charge in [0.2, 0.25) is 5.91 Å². The second-order valence-corrected chi connectivity index (χ2v) is 5.67. The van der Waals surface area contributed by atoms with E-state index in [9.17, 15) is 19.8 Å². The summed E-state index contributed by atoms with van der Waals surface area (Å²) in [6, 6.07) is 0.0964. The van der Waals surface area contributed by atoms with Crippen LogP contribution < -0.4 is 5.32 Å². The lowest BCUT2D eigenvalue weighted by atomic mass is 9.83. The van der Waals surface area contributed by atoms with Gasteiger partial charge in [0, 0.05) is 19.1 Å². The van der Waals surface area contributed by atoms with E-state index in [4.69, 9.17) is 4.74 Å². The molecule has 20 heavy (non-hydrogen) atoms. The minimum Gasteiger partial charge on any atom is -0.480 e. The molecule has 6 nitrogen and oxygen atoms in total. The number of ether oxygens (including phenoxy) is 1. The summed E-state index contributed by atoms with van der Waals surface area (Å²) >= 11 is 0. The van der Waals surface area contributed by atoms with Gasteiger partial charge in [0.1, 0.15) is 5.41 Å². The molecule has 0 aromatic rings. The van der Waals surface area contributed by atoms with Gasteiger partial charge in [-0.2, -0.15) is 0 Å². The number of rotatable bonds is 10. The second kappa shape index (κ2) is 7.59. The van der Waals surface area contributed by atoms with Crippen molar-refractivity contribution >= 4 is 11.9 Å². The van der Waals surface area contributed by atoms with Crippen LogP contribution in [0.25, 0.3) is 0 Å². The normalized spacial score (nSPS) is 19.1. The van der Waals surface area contributed by atoms with Crippen molar-refractivity contribution in [2.45, 2.75) is 58.1 Å². The highest BCUT2D eigenvalue weighted by Gasteiger charge is 2.44. The zero-order chi connectivity index (χ0) is 15.2. The number of unbranched alkanes of at least 4 members (excludes halogenated alkanes) is 1. The number of aliphatic carboxylic acids is 1. The number of aliphatic hydroxyl groups excluding tert-OH is 1. The molecule has 0 aromatic heterocycles. The molecule has 116 valence electrons. The Hall–Kier alpha value is -1.14. The highest BCUT2D eigenvalue weighted by molar-refractivity contribution is 6.01. The molecule has 1 aliphatic rings. The van der Waals surface area contributed by atoms with E-state index >= 15 is 0 Å². The first kappa shape index (κ1) is 16.9. The summed E-state index contributed by atoms with van der Waals surface area (Å²) in [4.78, 5) is 23.4. The SMILES string of the molecule is CCCCOCC(O)CC(C)(C(=O)O)C(=O)NC1CC1. The fourth-order valence-corrected chi connectivity index (χ4v) is 1.85. The smallest absolute Gasteiger partial charge is 0.319 e. The molecule has 0 heterocycles. The summed E-state index contributed by atoms with van der Waals surface area (Å²) in [7, 11) is 0. The lowest BCUT2D eigenvalue weighted by molar-refractivity contribution is -0.157. The Kier molecular flexibility index (Phi) is 6.42. The van der Waals surface area contributed by atoms with Gasteiger partial charge in [-0.25, -0.2) is 0 Å². The van der Waals surface area contributed by atoms with E-state index in [1.165, 1.54) is 6.92 Å². The van der Waals surface area contributed by atoms with E-state index in [-0.39, 0.29) is 19.1 Å². The minimum absolute atomic E-state index is 0.0551. The van der Waals surface area contributed by atoms with Crippen molar-refractivity contribution in [2.24, 2.45) is 5.41 Å². The van der Waals surface area contributed by atoms with Crippen LogP contribution in [0.2, 0.25) is 0 Å². The van der Waals surface area contributed by atoms with E-state index in [2.05, 4.69) is 5.32 Å². The third-order valence-electron chi connectivity index (χ3n) is 3.48. The summed E-state index contributed by atoms with van der Waals surface area (Å²) in [5, 5.41) is 21.8. The molecule has 6 heteroatoms. The molecule has 0 aliphatic heterocycles. The van der Waals surface area contributed by atoms with Crippen molar-refractivity contribution < 1.29 is 24.5 Å². The van der Waals surface area contributed by atoms with Crippen LogP contribution in [0.15, 0.2) is 0 Å². The average molecular weight is 287 g/mol. The maximum Gasteiger partial charge on any atom is 0.319 e. The predicted octanol–water partition coefficient (Wildman–Crippen LogP) is 0.924. The largest absolute Gasteiger partial charge is 0.480 e. The van der Waals surface area contributed by atoms with E-state index in [1.807, 2.05) is 6.92 Å². The fourth-order valence-electron chi connectivity index (χ4n) is 1.85. The molecule has 0 radical (unpaired) electrons. The number of hydrogen-bond acceptors (Lipinski definition) is 4. The van der Waals surface area contributed by atoms with Gasteiger partial charge in [0.15, 0.2) is 0 Å². The summed E-state index contributed by atoms with van der Waals surface area (Å²) in [5.41, 5.74) is -1.61. The standard InChI is InChI=1S/C14H25NO5/c1-3-4-7-20-9-11(16)8-14(2,13(18)19)12(17)15-10-5-6-10/h10-11,16H,3-9H2,1-2H3,(H,15,17)(H,18,19). The molecule has 1 saturated carbocycles. The van der Waals surface area contributed by atoms with Crippen LogP contribution in [0.3, 0.4) is 0 Å². The first-order chi connectivity index (χ1) is 9.40. The highest BCUT2D eigenvalue weighted by Crippen LogP contribution is 2.27. The molecular weight excluding hydrogens is 262 g/mol. The fraction of sp³-hybridized carbons (Fsp3) is 0.857. The summed E-state index contributed by atoms with van der Waals surface area (Å²) in [6.07, 6.45) is 2.57. The van der Waals surface area contributed by atoms with E-state index in [0.717, 1.165) is 25.7 Å². The number of carboxylic acid groups (broad SMARTS) is 1. The number of carbonyl (C=O) groups excluding carboxylic acids is 1. The van der Waals surface area contributed by atoms with Gasteiger partial charge in [-0.1, -0.05) is 13.3 Å². The van der Waals surface area contributed by atoms with Crippen molar-refractivity contribution in [1.29, 1.82) is 0 Å². The zero-order valence-electron chi connectivity index (χ0n) is 12.2. The average Bonchev–Trinajstić information content (AvgIpc) is 3.18. The van der Waals surface area contributed by atoms with Crippen molar-refractivity contribution in [3.63, 3.8) is 0 Å². The number of aliphatic hydroxyl groups is 1. The van der Waals surface area contributed by atoms with Crippen molar-refractivity contribution in [2.75, 3.05) is 13.2 Å². The highest BCUT2D eigenvalue weighted by atomic mass is 16.5. The molecule has 0 aromatic carbocycles. The van der Waals surface area contributed by atoms with Gasteiger partial charge >= 0.3 is 5.97 Å². The van der Waals surface area contributed by atoms with Crippen molar-refractivity contribution in [1.82, 2.24) is 5.32 Å². The first-order valence-corrected chi connectivity index (χ1v) is 7.20. The lowest BCUT2D eigenvalue weighted by Crippen LogP contribution is -2.47. The lowest BCUT2D eigenvalue weighted by Gasteiger charge is -2.26. The summed E-state index contributed by atoms with van der Waals surface area (Å²) in [5.74, 6) is -1.75. The quantitative estimate of drug-likeness (QED) is 0.410. The zero-order valence-corrected chi connectivity index (χ0v) is 12.2. The van der Waals surface area contributed by atoms with Crippen LogP contribution in [-0.4, -0.2) is 47.4 Å². The topological polar surface area (TPSA) is 95.9 Å². The molecule has 1 aliphatic carbocycles. The van der Waals surface area contributed by atoms with Gasteiger partial charge in [-0.15, -0.1) is 0 Å². The Morgan fingerprint density at radius 3 is 2.60 bits per heavy atom. The molecule has 1 rings (SSSR count). The molecular formula is C14H25NO5. The Balaban J connectivity index is 2.47. The van der Waals surface area contributed by atoms with Gasteiger partial charge in [0.05, 0.1) is 12.7 Å². The van der Waals surface area contributed by atoms with Gasteiger partial charge in [0.25, 0.3) is 0 Å². The molecule has 0 spiro atoms. The Morgan fingerprint density at radius 2 is 2.10 bits per heavy atom. The second-order valence-electron chi connectivity index (χ2n) is 5.67. The van der Waals surface area contributed by atoms with E-state index in [0.29, 0.717) is 6.61 Å². The molecule has 0 bridgehead atoms. The van der Waals surface area contributed by atoms with Gasteiger partial charge in [-0.3, -0.25) is 9.59 Å². The summed E-state index contributed by atoms with van der Waals surface area (Å²) < 4.78 is 5.26. The first-order valence-electron chi connectivity index (χ1n) is 7.20. The number of carboxylic acids is 1. The van der Waals surface area contributed by atoms with E-state index < -0.39 is 23.4 Å². The number of nitrogens with one attached hydrogen (secondary N) is 1. The third kappa shape index (κ3) is 5.09. The maximum atomic E-state index is 12.0. The van der Waals surface area contributed by atoms with Gasteiger partial charge in [-0.05, 0) is 26.2 Å². The number of amides is 1. The van der Waals surface area contributed by atoms with Crippen LogP contribution in [0.4, 0.5) is 0 Å². The number of hydrogen-bond donors (Lipinski definition) is 3. The maximum absolute atomic E-state index is 12.0. The Bertz CT molecular complexity index is 342. The number of carbonyl (C=O) groups is 2. The minimum atomic E-state index is -1.61. The van der Waals surface area contributed by atoms with Crippen molar-refractivity contribution in [3.05, 3.63) is 0 Å². The van der Waals surface area contributed by atoms with Gasteiger partial charge < -0.3 is 20.3 Å². The molecule has 1 amide bonds. The molecule has 2 unspecified atom stereocenters. The molecule has 0 saturated heterocycles. The van der Waals surface area contributed by atoms with E-state index in [1.54, 1.807) is 0 Å². The van der Waals surface area contributed by atoms with Crippen molar-refractivity contribution in [3.8, 4) is 0 Å². The summed E-state index contributed by atoms with van der Waals surface area (Å²) in [6.45, 7) is 3.97. The Labute approximate surface area is 119 Å². The van der Waals surface area contributed by atoms with Crippen LogP contribution in [-0.2, 0) is 14.3 Å². The molecule has 1 fully saturated rings.